The number of likely N-dealkylation sites (N-methyl/N-ethyl adjacent to an activating group) is 1. The van der Waals surface area contributed by atoms with E-state index in [1.165, 1.54) is 6.07 Å². The maximum absolute atomic E-state index is 12.2. The Kier molecular flexibility index (Phi) is 3.89. The minimum atomic E-state index is -4.64. The summed E-state index contributed by atoms with van der Waals surface area (Å²) in [6, 6.07) is 4.81. The van der Waals surface area contributed by atoms with Crippen molar-refractivity contribution in [2.24, 2.45) is 0 Å². The molecule has 0 saturated carbocycles. The van der Waals surface area contributed by atoms with Crippen molar-refractivity contribution in [3.05, 3.63) is 23.8 Å². The number of hydrogen-bond donors (Lipinski definition) is 0. The van der Waals surface area contributed by atoms with Crippen LogP contribution in [0.25, 0.3) is 0 Å². The quantitative estimate of drug-likeness (QED) is 0.824. The first-order valence-electron chi connectivity index (χ1n) is 6.15. The van der Waals surface area contributed by atoms with Crippen molar-refractivity contribution in [1.29, 1.82) is 0 Å². The molecule has 1 aromatic carbocycles. The molecule has 106 valence electrons. The predicted molar refractivity (Wildman–Crippen MR) is 67.6 cm³/mol. The monoisotopic (exact) mass is 274 g/mol. The number of nitrogens with zero attached hydrogens (tertiary/aromatic N) is 2. The molecule has 0 aliphatic carbocycles. The first-order chi connectivity index (χ1) is 8.85. The normalized spacial score (nSPS) is 17.6. The molecule has 0 N–H and O–H groups in total. The highest BCUT2D eigenvalue weighted by molar-refractivity contribution is 5.53. The van der Waals surface area contributed by atoms with Gasteiger partial charge in [0.2, 0.25) is 0 Å². The molecule has 3 nitrogen and oxygen atoms in total. The van der Waals surface area contributed by atoms with Gasteiger partial charge in [0.1, 0.15) is 5.75 Å². The van der Waals surface area contributed by atoms with Gasteiger partial charge in [-0.1, -0.05) is 0 Å². The summed E-state index contributed by atoms with van der Waals surface area (Å²) in [5.41, 5.74) is 1.44. The number of rotatable bonds is 2. The van der Waals surface area contributed by atoms with E-state index >= 15 is 0 Å². The smallest absolute Gasteiger partial charge is 0.406 e. The number of alkyl halides is 3. The molecule has 0 amide bonds. The lowest BCUT2D eigenvalue weighted by atomic mass is 10.1. The minimum absolute atomic E-state index is 0.134. The third-order valence-electron chi connectivity index (χ3n) is 3.25. The highest BCUT2D eigenvalue weighted by Crippen LogP contribution is 2.29. The summed E-state index contributed by atoms with van der Waals surface area (Å²) < 4.78 is 40.5. The molecule has 1 aliphatic rings. The standard InChI is InChI=1S/C13H17F3N2O/c1-10-9-11(18-7-5-17(2)6-8-18)3-4-12(10)19-13(14,15)16/h3-4,9H,5-8H2,1-2H3. The van der Waals surface area contributed by atoms with Crippen LogP contribution in [-0.4, -0.2) is 44.5 Å². The lowest BCUT2D eigenvalue weighted by Crippen LogP contribution is -2.44. The zero-order chi connectivity index (χ0) is 14.0. The fourth-order valence-corrected chi connectivity index (χ4v) is 2.13. The van der Waals surface area contributed by atoms with Crippen LogP contribution in [0.2, 0.25) is 0 Å². The molecule has 0 bridgehead atoms. The molecule has 1 aromatic rings. The van der Waals surface area contributed by atoms with Crippen LogP contribution in [0.15, 0.2) is 18.2 Å². The van der Waals surface area contributed by atoms with Crippen LogP contribution in [0.5, 0.6) is 5.75 Å². The largest absolute Gasteiger partial charge is 0.573 e. The number of aryl methyl sites for hydroxylation is 1. The van der Waals surface area contributed by atoms with E-state index in [1.54, 1.807) is 19.1 Å². The molecular weight excluding hydrogens is 257 g/mol. The second-order valence-electron chi connectivity index (χ2n) is 4.79. The fourth-order valence-electron chi connectivity index (χ4n) is 2.13. The number of halogens is 3. The Balaban J connectivity index is 2.10. The zero-order valence-electron chi connectivity index (χ0n) is 11.0. The number of anilines is 1. The molecule has 6 heteroatoms. The van der Waals surface area contributed by atoms with Crippen molar-refractivity contribution in [2.75, 3.05) is 38.1 Å². The van der Waals surface area contributed by atoms with Crippen molar-refractivity contribution in [2.45, 2.75) is 13.3 Å². The summed E-state index contributed by atoms with van der Waals surface area (Å²) in [6.07, 6.45) is -4.64. The summed E-state index contributed by atoms with van der Waals surface area (Å²) in [5.74, 6) is -0.134. The Hall–Kier alpha value is -1.43. The average Bonchev–Trinajstić information content (AvgIpc) is 2.31. The minimum Gasteiger partial charge on any atom is -0.406 e. The molecular formula is C13H17F3N2O. The summed E-state index contributed by atoms with van der Waals surface area (Å²) in [6.45, 7) is 5.31. The maximum Gasteiger partial charge on any atom is 0.573 e. The first-order valence-corrected chi connectivity index (χ1v) is 6.15. The molecule has 1 saturated heterocycles. The van der Waals surface area contributed by atoms with Crippen molar-refractivity contribution in [1.82, 2.24) is 4.90 Å². The van der Waals surface area contributed by atoms with Gasteiger partial charge >= 0.3 is 6.36 Å². The van der Waals surface area contributed by atoms with Gasteiger partial charge in [-0.05, 0) is 37.7 Å². The van der Waals surface area contributed by atoms with E-state index in [4.69, 9.17) is 0 Å². The maximum atomic E-state index is 12.2. The van der Waals surface area contributed by atoms with Crippen LogP contribution < -0.4 is 9.64 Å². The number of benzene rings is 1. The second kappa shape index (κ2) is 5.28. The van der Waals surface area contributed by atoms with Crippen LogP contribution >= 0.6 is 0 Å². The van der Waals surface area contributed by atoms with E-state index in [9.17, 15) is 13.2 Å². The van der Waals surface area contributed by atoms with Gasteiger partial charge in [-0.3, -0.25) is 0 Å². The van der Waals surface area contributed by atoms with Gasteiger partial charge in [0.25, 0.3) is 0 Å². The third-order valence-corrected chi connectivity index (χ3v) is 3.25. The van der Waals surface area contributed by atoms with E-state index in [0.717, 1.165) is 31.9 Å². The second-order valence-corrected chi connectivity index (χ2v) is 4.79. The molecule has 1 heterocycles. The first kappa shape index (κ1) is 14.0. The van der Waals surface area contributed by atoms with E-state index in [0.29, 0.717) is 5.56 Å². The van der Waals surface area contributed by atoms with E-state index in [-0.39, 0.29) is 5.75 Å². The summed E-state index contributed by atoms with van der Waals surface area (Å²) in [4.78, 5) is 4.40. The van der Waals surface area contributed by atoms with Gasteiger partial charge in [-0.2, -0.15) is 0 Å². The molecule has 1 fully saturated rings. The Morgan fingerprint density at radius 1 is 1.11 bits per heavy atom. The van der Waals surface area contributed by atoms with Gasteiger partial charge < -0.3 is 14.5 Å². The Labute approximate surface area is 110 Å². The van der Waals surface area contributed by atoms with Gasteiger partial charge in [-0.25, -0.2) is 0 Å². The van der Waals surface area contributed by atoms with Crippen molar-refractivity contribution in [3.63, 3.8) is 0 Å². The number of hydrogen-bond acceptors (Lipinski definition) is 3. The third kappa shape index (κ3) is 3.76. The molecule has 19 heavy (non-hydrogen) atoms. The van der Waals surface area contributed by atoms with E-state index in [2.05, 4.69) is 21.6 Å². The molecule has 0 radical (unpaired) electrons. The molecule has 0 spiro atoms. The molecule has 0 unspecified atom stereocenters. The molecule has 0 aromatic heterocycles. The van der Waals surface area contributed by atoms with Gasteiger partial charge in [0, 0.05) is 31.9 Å². The van der Waals surface area contributed by atoms with Crippen LogP contribution in [0.3, 0.4) is 0 Å². The van der Waals surface area contributed by atoms with Crippen molar-refractivity contribution >= 4 is 5.69 Å². The van der Waals surface area contributed by atoms with Gasteiger partial charge in [-0.15, -0.1) is 13.2 Å². The Morgan fingerprint density at radius 3 is 2.26 bits per heavy atom. The molecule has 2 rings (SSSR count). The van der Waals surface area contributed by atoms with E-state index in [1.807, 2.05) is 0 Å². The Morgan fingerprint density at radius 2 is 1.74 bits per heavy atom. The van der Waals surface area contributed by atoms with Crippen molar-refractivity contribution < 1.29 is 17.9 Å². The fraction of sp³-hybridized carbons (Fsp3) is 0.538. The summed E-state index contributed by atoms with van der Waals surface area (Å²) in [5, 5.41) is 0. The van der Waals surface area contributed by atoms with Crippen molar-refractivity contribution in [3.8, 4) is 5.75 Å². The van der Waals surface area contributed by atoms with Gasteiger partial charge in [0.05, 0.1) is 0 Å². The number of ether oxygens (including phenoxy) is 1. The highest BCUT2D eigenvalue weighted by atomic mass is 19.4. The van der Waals surface area contributed by atoms with Crippen LogP contribution in [0.4, 0.5) is 18.9 Å². The SMILES string of the molecule is Cc1cc(N2CCN(C)CC2)ccc1OC(F)(F)F. The summed E-state index contributed by atoms with van der Waals surface area (Å²) >= 11 is 0. The molecule has 1 aliphatic heterocycles. The van der Waals surface area contributed by atoms with Crippen LogP contribution in [-0.2, 0) is 0 Å². The average molecular weight is 274 g/mol. The van der Waals surface area contributed by atoms with Crippen LogP contribution in [0.1, 0.15) is 5.56 Å². The zero-order valence-corrected chi connectivity index (χ0v) is 11.0. The lowest BCUT2D eigenvalue weighted by Gasteiger charge is -2.34. The summed E-state index contributed by atoms with van der Waals surface area (Å²) in [7, 11) is 2.06. The van der Waals surface area contributed by atoms with Crippen LogP contribution in [0, 0.1) is 6.92 Å². The highest BCUT2D eigenvalue weighted by Gasteiger charge is 2.31. The predicted octanol–water partition coefficient (Wildman–Crippen LogP) is 2.65. The number of piperazine rings is 1. The molecule has 0 atom stereocenters. The Bertz CT molecular complexity index is 440. The van der Waals surface area contributed by atoms with Gasteiger partial charge in [0.15, 0.2) is 0 Å². The van der Waals surface area contributed by atoms with E-state index < -0.39 is 6.36 Å². The lowest BCUT2D eigenvalue weighted by molar-refractivity contribution is -0.274. The topological polar surface area (TPSA) is 15.7 Å².